The van der Waals surface area contributed by atoms with E-state index in [1.807, 2.05) is 13.8 Å². The number of nitrogens with zero attached hydrogens (tertiary/aromatic N) is 1. The molecule has 0 aliphatic carbocycles. The van der Waals surface area contributed by atoms with E-state index in [0.29, 0.717) is 0 Å². The van der Waals surface area contributed by atoms with Gasteiger partial charge in [0.15, 0.2) is 0 Å². The summed E-state index contributed by atoms with van der Waals surface area (Å²) < 4.78 is 4.97. The van der Waals surface area contributed by atoms with E-state index in [-0.39, 0.29) is 11.8 Å². The predicted molar refractivity (Wildman–Crippen MR) is 36.6 cm³/mol. The zero-order valence-corrected chi connectivity index (χ0v) is 6.76. The second-order valence-corrected chi connectivity index (χ2v) is 3.37. The highest BCUT2D eigenvalue weighted by atomic mass is 16.6. The van der Waals surface area contributed by atoms with Crippen LogP contribution in [0.1, 0.15) is 26.7 Å². The van der Waals surface area contributed by atoms with Gasteiger partial charge in [0.1, 0.15) is 6.23 Å². The van der Waals surface area contributed by atoms with Crippen molar-refractivity contribution in [1.29, 1.82) is 0 Å². The SMILES string of the molecule is COC1CCC(C)(C)N1[O]. The molecule has 0 aromatic rings. The van der Waals surface area contributed by atoms with Gasteiger partial charge in [0.05, 0.1) is 0 Å². The molecule has 1 aliphatic heterocycles. The second-order valence-electron chi connectivity index (χ2n) is 3.37. The van der Waals surface area contributed by atoms with Crippen molar-refractivity contribution in [3.8, 4) is 0 Å². The highest BCUT2D eigenvalue weighted by Gasteiger charge is 2.39. The van der Waals surface area contributed by atoms with Crippen LogP contribution < -0.4 is 0 Å². The zero-order valence-electron chi connectivity index (χ0n) is 6.76. The Morgan fingerprint density at radius 1 is 1.60 bits per heavy atom. The highest BCUT2D eigenvalue weighted by Crippen LogP contribution is 2.31. The molecule has 1 aliphatic rings. The maximum absolute atomic E-state index is 11.2. The molecule has 0 N–H and O–H groups in total. The van der Waals surface area contributed by atoms with Gasteiger partial charge in [-0.15, -0.1) is 10.3 Å². The highest BCUT2D eigenvalue weighted by molar-refractivity contribution is 4.85. The van der Waals surface area contributed by atoms with Gasteiger partial charge in [-0.05, 0) is 26.7 Å². The minimum atomic E-state index is -0.222. The molecule has 1 rings (SSSR count). The summed E-state index contributed by atoms with van der Waals surface area (Å²) >= 11 is 0. The van der Waals surface area contributed by atoms with Gasteiger partial charge in [-0.2, -0.15) is 0 Å². The van der Waals surface area contributed by atoms with Gasteiger partial charge < -0.3 is 4.74 Å². The van der Waals surface area contributed by atoms with Crippen molar-refractivity contribution in [3.63, 3.8) is 0 Å². The Morgan fingerprint density at radius 2 is 2.20 bits per heavy atom. The summed E-state index contributed by atoms with van der Waals surface area (Å²) in [5, 5.41) is 12.3. The fourth-order valence-electron chi connectivity index (χ4n) is 1.31. The molecule has 1 saturated heterocycles. The van der Waals surface area contributed by atoms with E-state index in [9.17, 15) is 5.21 Å². The molecule has 59 valence electrons. The summed E-state index contributed by atoms with van der Waals surface area (Å²) in [6, 6.07) is 0. The summed E-state index contributed by atoms with van der Waals surface area (Å²) in [6.07, 6.45) is 1.57. The maximum atomic E-state index is 11.2. The molecule has 1 atom stereocenters. The van der Waals surface area contributed by atoms with E-state index in [1.165, 1.54) is 0 Å². The van der Waals surface area contributed by atoms with Gasteiger partial charge in [-0.1, -0.05) is 0 Å². The van der Waals surface area contributed by atoms with Crippen molar-refractivity contribution in [2.75, 3.05) is 7.11 Å². The predicted octanol–water partition coefficient (Wildman–Crippen LogP) is 1.18. The third kappa shape index (κ3) is 1.17. The molecule has 0 saturated carbocycles. The minimum Gasteiger partial charge on any atom is -0.364 e. The third-order valence-corrected chi connectivity index (χ3v) is 2.13. The van der Waals surface area contributed by atoms with E-state index >= 15 is 0 Å². The Kier molecular flexibility index (Phi) is 1.99. The van der Waals surface area contributed by atoms with E-state index in [0.717, 1.165) is 17.9 Å². The quantitative estimate of drug-likeness (QED) is 0.553. The molecule has 1 unspecified atom stereocenters. The summed E-state index contributed by atoms with van der Waals surface area (Å²) in [7, 11) is 1.58. The van der Waals surface area contributed by atoms with Crippen LogP contribution in [0.3, 0.4) is 0 Å². The fraction of sp³-hybridized carbons (Fsp3) is 1.00. The lowest BCUT2D eigenvalue weighted by molar-refractivity contribution is -0.270. The number of ether oxygens (including phenoxy) is 1. The van der Waals surface area contributed by atoms with Crippen molar-refractivity contribution in [2.24, 2.45) is 0 Å². The maximum Gasteiger partial charge on any atom is 0.136 e. The molecule has 0 bridgehead atoms. The van der Waals surface area contributed by atoms with E-state index in [1.54, 1.807) is 7.11 Å². The first-order valence-corrected chi connectivity index (χ1v) is 3.57. The number of methoxy groups -OCH3 is 1. The van der Waals surface area contributed by atoms with E-state index in [4.69, 9.17) is 4.74 Å². The van der Waals surface area contributed by atoms with Crippen LogP contribution in [0.5, 0.6) is 0 Å². The lowest BCUT2D eigenvalue weighted by atomic mass is 10.0. The molecular formula is C7H14NO2. The molecule has 1 heterocycles. The minimum absolute atomic E-state index is 0.213. The van der Waals surface area contributed by atoms with Gasteiger partial charge in [-0.25, -0.2) is 0 Å². The van der Waals surface area contributed by atoms with Crippen LogP contribution in [0.4, 0.5) is 0 Å². The summed E-state index contributed by atoms with van der Waals surface area (Å²) in [5.41, 5.74) is -0.222. The van der Waals surface area contributed by atoms with Crippen LogP contribution in [0.2, 0.25) is 0 Å². The molecule has 3 nitrogen and oxygen atoms in total. The van der Waals surface area contributed by atoms with Gasteiger partial charge in [0, 0.05) is 12.6 Å². The van der Waals surface area contributed by atoms with Crippen LogP contribution in [-0.2, 0) is 9.94 Å². The topological polar surface area (TPSA) is 32.4 Å². The van der Waals surface area contributed by atoms with E-state index < -0.39 is 0 Å². The lowest BCUT2D eigenvalue weighted by Crippen LogP contribution is -2.39. The van der Waals surface area contributed by atoms with Crippen LogP contribution >= 0.6 is 0 Å². The van der Waals surface area contributed by atoms with Crippen LogP contribution in [0, 0.1) is 0 Å². The molecule has 0 aromatic heterocycles. The fourth-order valence-corrected chi connectivity index (χ4v) is 1.31. The average molecular weight is 144 g/mol. The largest absolute Gasteiger partial charge is 0.364 e. The molecule has 1 radical (unpaired) electrons. The van der Waals surface area contributed by atoms with Crippen LogP contribution in [0.25, 0.3) is 0 Å². The lowest BCUT2D eigenvalue weighted by Gasteiger charge is -2.25. The first kappa shape index (κ1) is 7.98. The van der Waals surface area contributed by atoms with Crippen molar-refractivity contribution in [2.45, 2.75) is 38.5 Å². The normalized spacial score (nSPS) is 33.0. The first-order chi connectivity index (χ1) is 4.58. The zero-order chi connectivity index (χ0) is 7.78. The Labute approximate surface area is 61.5 Å². The van der Waals surface area contributed by atoms with E-state index in [2.05, 4.69) is 0 Å². The Hall–Kier alpha value is -0.120. The standard InChI is InChI=1S/C7H14NO2/c1-7(2)5-4-6(10-3)8(7)9/h6H,4-5H2,1-3H3. The van der Waals surface area contributed by atoms with Gasteiger partial charge in [0.2, 0.25) is 0 Å². The molecule has 0 spiro atoms. The van der Waals surface area contributed by atoms with Crippen LogP contribution in [-0.4, -0.2) is 23.9 Å². The molecular weight excluding hydrogens is 130 g/mol. The molecule has 3 heteroatoms. The summed E-state index contributed by atoms with van der Waals surface area (Å²) in [6.45, 7) is 3.89. The van der Waals surface area contributed by atoms with Crippen molar-refractivity contribution in [1.82, 2.24) is 5.06 Å². The average Bonchev–Trinajstić information content (AvgIpc) is 2.10. The van der Waals surface area contributed by atoms with Gasteiger partial charge >= 0.3 is 0 Å². The smallest absolute Gasteiger partial charge is 0.136 e. The number of hydrogen-bond acceptors (Lipinski definition) is 2. The van der Waals surface area contributed by atoms with Crippen molar-refractivity contribution < 1.29 is 9.94 Å². The third-order valence-electron chi connectivity index (χ3n) is 2.13. The summed E-state index contributed by atoms with van der Waals surface area (Å²) in [4.78, 5) is 0. The number of hydrogen-bond donors (Lipinski definition) is 0. The van der Waals surface area contributed by atoms with Gasteiger partial charge in [-0.3, -0.25) is 0 Å². The Morgan fingerprint density at radius 3 is 2.40 bits per heavy atom. The second kappa shape index (κ2) is 2.49. The van der Waals surface area contributed by atoms with Crippen molar-refractivity contribution in [3.05, 3.63) is 0 Å². The van der Waals surface area contributed by atoms with Gasteiger partial charge in [0.25, 0.3) is 0 Å². The van der Waals surface area contributed by atoms with Crippen molar-refractivity contribution >= 4 is 0 Å². The number of rotatable bonds is 1. The Balaban J connectivity index is 2.58. The summed E-state index contributed by atoms with van der Waals surface area (Å²) in [5.74, 6) is 0. The van der Waals surface area contributed by atoms with Crippen LogP contribution in [0.15, 0.2) is 0 Å². The Bertz CT molecular complexity index is 125. The molecule has 1 fully saturated rings. The molecule has 0 aromatic carbocycles. The first-order valence-electron chi connectivity index (χ1n) is 3.57. The monoisotopic (exact) mass is 144 g/mol. The molecule has 10 heavy (non-hydrogen) atoms. The molecule has 0 amide bonds. The number of hydroxylamine groups is 2.